The molecule has 0 saturated carbocycles. The monoisotopic (exact) mass is 274 g/mol. The van der Waals surface area contributed by atoms with Gasteiger partial charge in [-0.3, -0.25) is 0 Å². The summed E-state index contributed by atoms with van der Waals surface area (Å²) in [5, 5.41) is 3.47. The summed E-state index contributed by atoms with van der Waals surface area (Å²) in [5.74, 6) is 0.711. The van der Waals surface area contributed by atoms with Crippen LogP contribution in [0.15, 0.2) is 35.7 Å². The number of aromatic nitrogens is 2. The highest BCUT2D eigenvalue weighted by Gasteiger charge is 2.10. The molecule has 0 aliphatic carbocycles. The van der Waals surface area contributed by atoms with E-state index in [1.165, 1.54) is 5.56 Å². The average Bonchev–Trinajstić information content (AvgIpc) is 2.92. The van der Waals surface area contributed by atoms with Crippen LogP contribution in [0.25, 0.3) is 21.6 Å². The molecule has 2 aromatic heterocycles. The van der Waals surface area contributed by atoms with Gasteiger partial charge in [0, 0.05) is 5.39 Å². The molecule has 90 valence electrons. The van der Waals surface area contributed by atoms with E-state index in [2.05, 4.69) is 23.0 Å². The van der Waals surface area contributed by atoms with Crippen LogP contribution in [0, 0.1) is 0 Å². The van der Waals surface area contributed by atoms with E-state index in [9.17, 15) is 0 Å². The SMILES string of the molecule is CCc1cccc2c(Cl)nc(-c3cccs3)nc12. The van der Waals surface area contributed by atoms with Crippen LogP contribution in [-0.2, 0) is 6.42 Å². The summed E-state index contributed by atoms with van der Waals surface area (Å²) in [6.45, 7) is 2.12. The van der Waals surface area contributed by atoms with Crippen molar-refractivity contribution < 1.29 is 0 Å². The van der Waals surface area contributed by atoms with E-state index in [1.807, 2.05) is 29.6 Å². The zero-order chi connectivity index (χ0) is 12.5. The number of hydrogen-bond acceptors (Lipinski definition) is 3. The molecule has 4 heteroatoms. The smallest absolute Gasteiger partial charge is 0.171 e. The fraction of sp³-hybridized carbons (Fsp3) is 0.143. The van der Waals surface area contributed by atoms with E-state index in [1.54, 1.807) is 11.3 Å². The first-order valence-electron chi connectivity index (χ1n) is 5.78. The topological polar surface area (TPSA) is 25.8 Å². The minimum atomic E-state index is 0.527. The molecule has 18 heavy (non-hydrogen) atoms. The highest BCUT2D eigenvalue weighted by Crippen LogP contribution is 2.28. The minimum absolute atomic E-state index is 0.527. The summed E-state index contributed by atoms with van der Waals surface area (Å²) in [6.07, 6.45) is 0.939. The molecule has 3 aromatic rings. The van der Waals surface area contributed by atoms with Gasteiger partial charge in [0.05, 0.1) is 10.4 Å². The van der Waals surface area contributed by atoms with Crippen LogP contribution in [0.1, 0.15) is 12.5 Å². The number of benzene rings is 1. The van der Waals surface area contributed by atoms with Crippen molar-refractivity contribution in [1.29, 1.82) is 0 Å². The van der Waals surface area contributed by atoms with Crippen LogP contribution >= 0.6 is 22.9 Å². The van der Waals surface area contributed by atoms with Gasteiger partial charge >= 0.3 is 0 Å². The van der Waals surface area contributed by atoms with Gasteiger partial charge in [-0.2, -0.15) is 0 Å². The highest BCUT2D eigenvalue weighted by molar-refractivity contribution is 7.13. The molecule has 0 aliphatic heterocycles. The lowest BCUT2D eigenvalue weighted by molar-refractivity contribution is 1.13. The molecule has 0 atom stereocenters. The first-order chi connectivity index (χ1) is 8.79. The molecule has 0 saturated heterocycles. The van der Waals surface area contributed by atoms with E-state index < -0.39 is 0 Å². The lowest BCUT2D eigenvalue weighted by Gasteiger charge is -2.06. The van der Waals surface area contributed by atoms with Crippen molar-refractivity contribution in [2.24, 2.45) is 0 Å². The highest BCUT2D eigenvalue weighted by atomic mass is 35.5. The van der Waals surface area contributed by atoms with Gasteiger partial charge in [0.15, 0.2) is 5.82 Å². The Hall–Kier alpha value is -1.45. The van der Waals surface area contributed by atoms with Crippen molar-refractivity contribution in [1.82, 2.24) is 9.97 Å². The molecule has 0 fully saturated rings. The average molecular weight is 275 g/mol. The second-order valence-electron chi connectivity index (χ2n) is 3.98. The summed E-state index contributed by atoms with van der Waals surface area (Å²) < 4.78 is 0. The number of thiophene rings is 1. The van der Waals surface area contributed by atoms with Crippen molar-refractivity contribution >= 4 is 33.8 Å². The number of halogens is 1. The number of rotatable bonds is 2. The summed E-state index contributed by atoms with van der Waals surface area (Å²) in [6, 6.07) is 10.1. The fourth-order valence-corrected chi connectivity index (χ4v) is 2.87. The van der Waals surface area contributed by atoms with Crippen LogP contribution in [0.3, 0.4) is 0 Å². The third kappa shape index (κ3) is 1.89. The van der Waals surface area contributed by atoms with Crippen molar-refractivity contribution in [3.63, 3.8) is 0 Å². The molecule has 2 nitrogen and oxygen atoms in total. The molecule has 0 spiro atoms. The van der Waals surface area contributed by atoms with E-state index >= 15 is 0 Å². The molecule has 3 rings (SSSR count). The summed E-state index contributed by atoms with van der Waals surface area (Å²) in [7, 11) is 0. The van der Waals surface area contributed by atoms with Gasteiger partial charge in [0.2, 0.25) is 0 Å². The van der Waals surface area contributed by atoms with Crippen LogP contribution < -0.4 is 0 Å². The van der Waals surface area contributed by atoms with Gasteiger partial charge in [-0.1, -0.05) is 36.7 Å². The molecular weight excluding hydrogens is 264 g/mol. The molecule has 0 bridgehead atoms. The summed E-state index contributed by atoms with van der Waals surface area (Å²) >= 11 is 7.88. The lowest BCUT2D eigenvalue weighted by Crippen LogP contribution is -1.93. The van der Waals surface area contributed by atoms with E-state index in [-0.39, 0.29) is 0 Å². The number of para-hydroxylation sites is 1. The fourth-order valence-electron chi connectivity index (χ4n) is 1.98. The van der Waals surface area contributed by atoms with Crippen molar-refractivity contribution in [3.05, 3.63) is 46.4 Å². The molecule has 1 aromatic carbocycles. The zero-order valence-corrected chi connectivity index (χ0v) is 11.4. The number of aryl methyl sites for hydroxylation is 1. The summed E-state index contributed by atoms with van der Waals surface area (Å²) in [4.78, 5) is 10.1. The number of nitrogens with zero attached hydrogens (tertiary/aromatic N) is 2. The largest absolute Gasteiger partial charge is 0.227 e. The van der Waals surface area contributed by atoms with Crippen LogP contribution in [0.4, 0.5) is 0 Å². The normalized spacial score (nSPS) is 11.0. The maximum atomic E-state index is 6.26. The molecule has 0 aliphatic rings. The standard InChI is InChI=1S/C14H11ClN2S/c1-2-9-5-3-6-10-12(9)16-14(17-13(10)15)11-7-4-8-18-11/h3-8H,2H2,1H3. The third-order valence-electron chi connectivity index (χ3n) is 2.89. The van der Waals surface area contributed by atoms with Gasteiger partial charge < -0.3 is 0 Å². The molecular formula is C14H11ClN2S. The molecule has 0 unspecified atom stereocenters. The Labute approximate surface area is 114 Å². The van der Waals surface area contributed by atoms with E-state index in [4.69, 9.17) is 11.6 Å². The molecule has 0 amide bonds. The first-order valence-corrected chi connectivity index (χ1v) is 7.04. The maximum absolute atomic E-state index is 6.26. The van der Waals surface area contributed by atoms with Crippen LogP contribution in [0.2, 0.25) is 5.15 Å². The first kappa shape index (κ1) is 11.6. The summed E-state index contributed by atoms with van der Waals surface area (Å²) in [5.41, 5.74) is 2.16. The van der Waals surface area contributed by atoms with Gasteiger partial charge in [0.1, 0.15) is 5.15 Å². The van der Waals surface area contributed by atoms with Crippen molar-refractivity contribution in [3.8, 4) is 10.7 Å². The Balaban J connectivity index is 2.32. The third-order valence-corrected chi connectivity index (χ3v) is 4.04. The molecule has 0 N–H and O–H groups in total. The maximum Gasteiger partial charge on any atom is 0.171 e. The Morgan fingerprint density at radius 3 is 2.78 bits per heavy atom. The Kier molecular flexibility index (Phi) is 3.02. The van der Waals surface area contributed by atoms with Gasteiger partial charge in [-0.15, -0.1) is 11.3 Å². The van der Waals surface area contributed by atoms with Gasteiger partial charge in [0.25, 0.3) is 0 Å². The molecule has 2 heterocycles. The second kappa shape index (κ2) is 4.67. The second-order valence-corrected chi connectivity index (χ2v) is 5.29. The van der Waals surface area contributed by atoms with Crippen molar-refractivity contribution in [2.75, 3.05) is 0 Å². The Bertz CT molecular complexity index is 692. The van der Waals surface area contributed by atoms with Gasteiger partial charge in [-0.25, -0.2) is 9.97 Å². The lowest BCUT2D eigenvalue weighted by atomic mass is 10.1. The van der Waals surface area contributed by atoms with E-state index in [0.717, 1.165) is 22.2 Å². The Morgan fingerprint density at radius 1 is 1.17 bits per heavy atom. The van der Waals surface area contributed by atoms with Crippen molar-refractivity contribution in [2.45, 2.75) is 13.3 Å². The van der Waals surface area contributed by atoms with Crippen LogP contribution in [-0.4, -0.2) is 9.97 Å². The molecule has 0 radical (unpaired) electrons. The van der Waals surface area contributed by atoms with Crippen LogP contribution in [0.5, 0.6) is 0 Å². The predicted octanol–water partition coefficient (Wildman–Crippen LogP) is 4.57. The minimum Gasteiger partial charge on any atom is -0.227 e. The Morgan fingerprint density at radius 2 is 2.06 bits per heavy atom. The predicted molar refractivity (Wildman–Crippen MR) is 77.2 cm³/mol. The zero-order valence-electron chi connectivity index (χ0n) is 9.85. The van der Waals surface area contributed by atoms with E-state index in [0.29, 0.717) is 11.0 Å². The number of fused-ring (bicyclic) bond motifs is 1. The quantitative estimate of drug-likeness (QED) is 0.640. The van der Waals surface area contributed by atoms with Gasteiger partial charge in [-0.05, 0) is 29.5 Å². The number of hydrogen-bond donors (Lipinski definition) is 0.